The first kappa shape index (κ1) is 66.6. The first-order chi connectivity index (χ1) is 34.1. The third kappa shape index (κ3) is 58.1. The summed E-state index contributed by atoms with van der Waals surface area (Å²) in [5.74, 6) is -0.649. The smallest absolute Gasteiger partial charge is 0.306 e. The lowest BCUT2D eigenvalue weighted by molar-refractivity contribution is -0.161. The number of esters is 2. The van der Waals surface area contributed by atoms with Gasteiger partial charge in [-0.1, -0.05) is 312 Å². The van der Waals surface area contributed by atoms with Crippen LogP contribution in [0.25, 0.3) is 0 Å². The van der Waals surface area contributed by atoms with Gasteiger partial charge in [0.25, 0.3) is 0 Å². The van der Waals surface area contributed by atoms with Gasteiger partial charge in [0.15, 0.2) is 6.10 Å². The monoisotopic (exact) mass is 965 g/mol. The number of aliphatic hydroxyl groups excluding tert-OH is 1. The van der Waals surface area contributed by atoms with E-state index in [1.54, 1.807) is 0 Å². The fourth-order valence-electron chi connectivity index (χ4n) is 9.07. The molecule has 0 aliphatic heterocycles. The van der Waals surface area contributed by atoms with Crippen LogP contribution in [0.3, 0.4) is 0 Å². The van der Waals surface area contributed by atoms with Crippen molar-refractivity contribution in [2.45, 2.75) is 322 Å². The lowest BCUT2D eigenvalue weighted by Crippen LogP contribution is -2.28. The molecule has 0 bridgehead atoms. The summed E-state index contributed by atoms with van der Waals surface area (Å²) >= 11 is 0. The lowest BCUT2D eigenvalue weighted by Gasteiger charge is -2.15. The molecule has 0 aromatic carbocycles. The van der Waals surface area contributed by atoms with E-state index in [4.69, 9.17) is 9.47 Å². The maximum atomic E-state index is 12.2. The fourth-order valence-corrected chi connectivity index (χ4v) is 9.07. The molecule has 0 heterocycles. The molecule has 0 aromatic rings. The molecule has 0 saturated carbocycles. The van der Waals surface area contributed by atoms with Gasteiger partial charge in [0, 0.05) is 12.8 Å². The largest absolute Gasteiger partial charge is 0.462 e. The van der Waals surface area contributed by atoms with Crippen LogP contribution in [-0.2, 0) is 19.1 Å². The molecule has 0 rings (SSSR count). The number of allylic oxidation sites excluding steroid dienone is 10. The van der Waals surface area contributed by atoms with Crippen LogP contribution in [0.2, 0.25) is 0 Å². The number of aliphatic hydroxyl groups is 1. The molecular formula is C64H116O5. The van der Waals surface area contributed by atoms with E-state index in [9.17, 15) is 14.7 Å². The van der Waals surface area contributed by atoms with Crippen LogP contribution < -0.4 is 0 Å². The van der Waals surface area contributed by atoms with E-state index in [1.165, 1.54) is 225 Å². The zero-order chi connectivity index (χ0) is 49.9. The average molecular weight is 966 g/mol. The Morgan fingerprint density at radius 2 is 0.623 bits per heavy atom. The molecule has 1 N–H and O–H groups in total. The summed E-state index contributed by atoms with van der Waals surface area (Å²) in [4.78, 5) is 24.5. The minimum absolute atomic E-state index is 0.0877. The van der Waals surface area contributed by atoms with Crippen molar-refractivity contribution in [2.24, 2.45) is 0 Å². The molecule has 5 nitrogen and oxygen atoms in total. The van der Waals surface area contributed by atoms with Crippen molar-refractivity contribution in [1.29, 1.82) is 0 Å². The van der Waals surface area contributed by atoms with Crippen molar-refractivity contribution in [3.8, 4) is 0 Å². The Labute approximate surface area is 430 Å². The Morgan fingerprint density at radius 1 is 0.348 bits per heavy atom. The van der Waals surface area contributed by atoms with Crippen molar-refractivity contribution in [2.75, 3.05) is 13.2 Å². The summed E-state index contributed by atoms with van der Waals surface area (Å²) in [6.45, 7) is 4.01. The Kier molecular flexibility index (Phi) is 57.8. The third-order valence-electron chi connectivity index (χ3n) is 13.6. The average Bonchev–Trinajstić information content (AvgIpc) is 3.35. The predicted molar refractivity (Wildman–Crippen MR) is 302 cm³/mol. The van der Waals surface area contributed by atoms with Gasteiger partial charge in [0.05, 0.1) is 6.61 Å². The molecule has 0 fully saturated rings. The summed E-state index contributed by atoms with van der Waals surface area (Å²) in [5, 5.41) is 9.63. The number of ether oxygens (including phenoxy) is 2. The Bertz CT molecular complexity index is 1180. The van der Waals surface area contributed by atoms with Crippen molar-refractivity contribution >= 4 is 11.9 Å². The molecule has 0 amide bonds. The molecule has 0 aliphatic rings. The van der Waals surface area contributed by atoms with E-state index in [1.807, 2.05) is 0 Å². The highest BCUT2D eigenvalue weighted by Crippen LogP contribution is 2.18. The van der Waals surface area contributed by atoms with E-state index in [0.29, 0.717) is 12.8 Å². The van der Waals surface area contributed by atoms with Crippen molar-refractivity contribution < 1.29 is 24.2 Å². The summed E-state index contributed by atoms with van der Waals surface area (Å²) in [7, 11) is 0. The van der Waals surface area contributed by atoms with Crippen LogP contribution in [-0.4, -0.2) is 36.4 Å². The van der Waals surface area contributed by atoms with E-state index < -0.39 is 6.10 Å². The van der Waals surface area contributed by atoms with Gasteiger partial charge in [-0.15, -0.1) is 0 Å². The molecule has 0 spiro atoms. The SMILES string of the molecule is CC/C=C\C/C=C\C/C=C\C/C=C\C/C=C\CCCC(=O)OC(CO)COC(=O)CCCCCCCCCCCCCCCCCCCCCCCCCCCCCCCCCCCCCCCC. The van der Waals surface area contributed by atoms with E-state index in [-0.39, 0.29) is 31.6 Å². The van der Waals surface area contributed by atoms with Crippen molar-refractivity contribution in [3.05, 3.63) is 60.8 Å². The second kappa shape index (κ2) is 59.9. The van der Waals surface area contributed by atoms with E-state index in [2.05, 4.69) is 74.6 Å². The highest BCUT2D eigenvalue weighted by atomic mass is 16.6. The molecule has 0 radical (unpaired) electrons. The Balaban J connectivity index is 3.40. The molecule has 0 aliphatic carbocycles. The van der Waals surface area contributed by atoms with Gasteiger partial charge in [-0.2, -0.15) is 0 Å². The van der Waals surface area contributed by atoms with E-state index >= 15 is 0 Å². The number of carbonyl (C=O) groups excluding carboxylic acids is 2. The minimum Gasteiger partial charge on any atom is -0.462 e. The topological polar surface area (TPSA) is 72.8 Å². The van der Waals surface area contributed by atoms with Crippen LogP contribution in [0.15, 0.2) is 60.8 Å². The van der Waals surface area contributed by atoms with Crippen LogP contribution >= 0.6 is 0 Å². The van der Waals surface area contributed by atoms with E-state index in [0.717, 1.165) is 57.8 Å². The lowest BCUT2D eigenvalue weighted by atomic mass is 10.0. The maximum absolute atomic E-state index is 12.2. The number of hydrogen-bond donors (Lipinski definition) is 1. The van der Waals surface area contributed by atoms with Gasteiger partial charge in [-0.3, -0.25) is 9.59 Å². The van der Waals surface area contributed by atoms with Gasteiger partial charge in [-0.25, -0.2) is 0 Å². The second-order valence-electron chi connectivity index (χ2n) is 20.4. The van der Waals surface area contributed by atoms with Crippen LogP contribution in [0.1, 0.15) is 316 Å². The standard InChI is InChI=1S/C64H116O5/c1-3-5-7-9-11-13-15-17-19-21-22-23-24-25-26-27-28-29-30-31-32-33-34-35-36-37-38-39-40-41-43-44-46-48-50-52-54-56-58-63(66)68-61-62(60-65)69-64(67)59-57-55-53-51-49-47-45-42-20-18-16-14-12-10-8-6-4-2/h6,8,12,14,18,20,45,47,51,53,62,65H,3-5,7,9-11,13,15-17,19,21-44,46,48-50,52,54-61H2,1-2H3/b8-6-,14-12-,20-18-,47-45-,53-51-. The van der Waals surface area contributed by atoms with Crippen molar-refractivity contribution in [3.63, 3.8) is 0 Å². The summed E-state index contributed by atoms with van der Waals surface area (Å²) < 4.78 is 10.6. The van der Waals surface area contributed by atoms with Gasteiger partial charge >= 0.3 is 11.9 Å². The zero-order valence-electron chi connectivity index (χ0n) is 46.1. The van der Waals surface area contributed by atoms with Gasteiger partial charge in [-0.05, 0) is 51.4 Å². The summed E-state index contributed by atoms with van der Waals surface area (Å²) in [6.07, 6.45) is 81.1. The van der Waals surface area contributed by atoms with Crippen LogP contribution in [0, 0.1) is 0 Å². The summed E-state index contributed by atoms with van der Waals surface area (Å²) in [5.41, 5.74) is 0. The number of hydrogen-bond acceptors (Lipinski definition) is 5. The Hall–Kier alpha value is -2.40. The van der Waals surface area contributed by atoms with Crippen LogP contribution in [0.4, 0.5) is 0 Å². The van der Waals surface area contributed by atoms with Gasteiger partial charge in [0.2, 0.25) is 0 Å². The first-order valence-electron chi connectivity index (χ1n) is 30.3. The Morgan fingerprint density at radius 3 is 0.928 bits per heavy atom. The molecular weight excluding hydrogens is 849 g/mol. The second-order valence-corrected chi connectivity index (χ2v) is 20.4. The highest BCUT2D eigenvalue weighted by Gasteiger charge is 2.16. The molecule has 1 unspecified atom stereocenters. The molecule has 0 saturated heterocycles. The number of unbranched alkanes of at least 4 members (excludes halogenated alkanes) is 38. The zero-order valence-corrected chi connectivity index (χ0v) is 46.1. The third-order valence-corrected chi connectivity index (χ3v) is 13.6. The quantitative estimate of drug-likeness (QED) is 0.0373. The molecule has 5 heteroatoms. The van der Waals surface area contributed by atoms with Gasteiger partial charge in [0.1, 0.15) is 6.61 Å². The fraction of sp³-hybridized carbons (Fsp3) is 0.812. The van der Waals surface area contributed by atoms with Gasteiger partial charge < -0.3 is 14.6 Å². The molecule has 402 valence electrons. The molecule has 0 aromatic heterocycles. The molecule has 69 heavy (non-hydrogen) atoms. The first-order valence-corrected chi connectivity index (χ1v) is 30.3. The minimum atomic E-state index is -0.803. The highest BCUT2D eigenvalue weighted by molar-refractivity contribution is 5.70. The summed E-state index contributed by atoms with van der Waals surface area (Å²) in [6, 6.07) is 0. The maximum Gasteiger partial charge on any atom is 0.306 e. The number of carbonyl (C=O) groups is 2. The van der Waals surface area contributed by atoms with Crippen LogP contribution in [0.5, 0.6) is 0 Å². The molecule has 1 atom stereocenters. The number of rotatable bonds is 56. The van der Waals surface area contributed by atoms with Crippen molar-refractivity contribution in [1.82, 2.24) is 0 Å². The normalized spacial score (nSPS) is 12.6. The predicted octanol–water partition coefficient (Wildman–Crippen LogP) is 20.6.